The van der Waals surface area contributed by atoms with Crippen LogP contribution in [-0.2, 0) is 16.6 Å². The van der Waals surface area contributed by atoms with E-state index in [1.165, 1.54) is 36.4 Å². The molecule has 10 heteroatoms. The highest BCUT2D eigenvalue weighted by Gasteiger charge is 2.25. The normalized spacial score (nSPS) is 11.4. The van der Waals surface area contributed by atoms with Crippen LogP contribution in [0.15, 0.2) is 53.6 Å². The van der Waals surface area contributed by atoms with E-state index in [4.69, 9.17) is 23.2 Å². The molecule has 0 unspecified atom stereocenters. The van der Waals surface area contributed by atoms with Gasteiger partial charge in [-0.05, 0) is 48.4 Å². The zero-order chi connectivity index (χ0) is 22.1. The SMILES string of the molecule is Cc1cc(S(=O)(=O)Nc2cc(Cl)cnc2C(=O)c2c(F)cccc2CO)ccc1Cl. The van der Waals surface area contributed by atoms with Crippen LogP contribution >= 0.6 is 23.2 Å². The third-order valence-corrected chi connectivity index (χ3v) is 6.24. The topological polar surface area (TPSA) is 96.4 Å². The van der Waals surface area contributed by atoms with Crippen molar-refractivity contribution in [3.8, 4) is 0 Å². The van der Waals surface area contributed by atoms with Crippen LogP contribution in [0.25, 0.3) is 0 Å². The van der Waals surface area contributed by atoms with Gasteiger partial charge in [0.1, 0.15) is 11.5 Å². The Hall–Kier alpha value is -2.52. The fraction of sp³-hybridized carbons (Fsp3) is 0.100. The number of rotatable bonds is 6. The summed E-state index contributed by atoms with van der Waals surface area (Å²) in [6.45, 7) is 1.06. The van der Waals surface area contributed by atoms with Gasteiger partial charge >= 0.3 is 0 Å². The van der Waals surface area contributed by atoms with Gasteiger partial charge < -0.3 is 5.11 Å². The van der Waals surface area contributed by atoms with Crippen molar-refractivity contribution in [3.05, 3.63) is 86.9 Å². The van der Waals surface area contributed by atoms with E-state index in [0.29, 0.717) is 10.6 Å². The molecule has 1 aromatic heterocycles. The van der Waals surface area contributed by atoms with Gasteiger partial charge in [0.2, 0.25) is 5.78 Å². The van der Waals surface area contributed by atoms with E-state index in [9.17, 15) is 22.7 Å². The van der Waals surface area contributed by atoms with E-state index in [1.807, 2.05) is 0 Å². The summed E-state index contributed by atoms with van der Waals surface area (Å²) in [5, 5.41) is 9.91. The molecule has 2 aromatic carbocycles. The molecule has 0 spiro atoms. The number of halogens is 3. The fourth-order valence-corrected chi connectivity index (χ4v) is 4.18. The summed E-state index contributed by atoms with van der Waals surface area (Å²) < 4.78 is 42.3. The van der Waals surface area contributed by atoms with E-state index in [1.54, 1.807) is 6.92 Å². The first-order valence-corrected chi connectivity index (χ1v) is 10.8. The number of nitrogens with zero attached hydrogens (tertiary/aromatic N) is 1. The van der Waals surface area contributed by atoms with Crippen molar-refractivity contribution >= 4 is 44.7 Å². The molecule has 0 amide bonds. The van der Waals surface area contributed by atoms with Crippen LogP contribution in [0.2, 0.25) is 10.0 Å². The third kappa shape index (κ3) is 4.46. The molecule has 30 heavy (non-hydrogen) atoms. The first-order valence-electron chi connectivity index (χ1n) is 8.51. The summed E-state index contributed by atoms with van der Waals surface area (Å²) in [6, 6.07) is 9.08. The number of nitrogens with one attached hydrogen (secondary N) is 1. The molecule has 0 fully saturated rings. The predicted octanol–water partition coefficient (Wildman–Crippen LogP) is 4.36. The van der Waals surface area contributed by atoms with Gasteiger partial charge in [-0.25, -0.2) is 17.8 Å². The molecule has 0 radical (unpaired) electrons. The Bertz CT molecular complexity index is 1250. The summed E-state index contributed by atoms with van der Waals surface area (Å²) in [4.78, 5) is 16.8. The van der Waals surface area contributed by atoms with Gasteiger partial charge in [-0.2, -0.15) is 0 Å². The first-order chi connectivity index (χ1) is 14.1. The van der Waals surface area contributed by atoms with Crippen LogP contribution in [0.3, 0.4) is 0 Å². The van der Waals surface area contributed by atoms with Gasteiger partial charge in [0, 0.05) is 11.2 Å². The third-order valence-electron chi connectivity index (χ3n) is 4.25. The predicted molar refractivity (Wildman–Crippen MR) is 112 cm³/mol. The Morgan fingerprint density at radius 2 is 1.93 bits per heavy atom. The Kier molecular flexibility index (Phi) is 6.42. The summed E-state index contributed by atoms with van der Waals surface area (Å²) in [6.07, 6.45) is 1.14. The van der Waals surface area contributed by atoms with Crippen molar-refractivity contribution in [1.29, 1.82) is 0 Å². The molecule has 6 nitrogen and oxygen atoms in total. The minimum absolute atomic E-state index is 0.0406. The summed E-state index contributed by atoms with van der Waals surface area (Å²) in [5.74, 6) is -1.77. The number of ketones is 1. The number of aliphatic hydroxyl groups excluding tert-OH is 1. The van der Waals surface area contributed by atoms with Crippen LogP contribution in [0.4, 0.5) is 10.1 Å². The van der Waals surface area contributed by atoms with Gasteiger partial charge in [-0.15, -0.1) is 0 Å². The van der Waals surface area contributed by atoms with E-state index < -0.39 is 33.8 Å². The molecule has 0 aliphatic carbocycles. The number of pyridine rings is 1. The second kappa shape index (κ2) is 8.69. The number of aromatic nitrogens is 1. The van der Waals surface area contributed by atoms with Gasteiger partial charge in [0.25, 0.3) is 10.0 Å². The second-order valence-electron chi connectivity index (χ2n) is 6.33. The molecule has 0 saturated carbocycles. The molecule has 0 atom stereocenters. The lowest BCUT2D eigenvalue weighted by Crippen LogP contribution is -2.18. The lowest BCUT2D eigenvalue weighted by Gasteiger charge is -2.14. The maximum absolute atomic E-state index is 14.3. The van der Waals surface area contributed by atoms with Crippen molar-refractivity contribution in [2.24, 2.45) is 0 Å². The van der Waals surface area contributed by atoms with Crippen molar-refractivity contribution in [1.82, 2.24) is 4.98 Å². The van der Waals surface area contributed by atoms with Crippen LogP contribution < -0.4 is 4.72 Å². The number of benzene rings is 2. The van der Waals surface area contributed by atoms with Crippen molar-refractivity contribution < 1.29 is 22.7 Å². The maximum atomic E-state index is 14.3. The van der Waals surface area contributed by atoms with Gasteiger partial charge in [-0.3, -0.25) is 9.52 Å². The average Bonchev–Trinajstić information content (AvgIpc) is 2.69. The summed E-state index contributed by atoms with van der Waals surface area (Å²) >= 11 is 11.9. The Labute approximate surface area is 182 Å². The number of hydrogen-bond acceptors (Lipinski definition) is 5. The molecule has 2 N–H and O–H groups in total. The smallest absolute Gasteiger partial charge is 0.261 e. The molecule has 0 bridgehead atoms. The molecule has 0 saturated heterocycles. The Morgan fingerprint density at radius 1 is 1.20 bits per heavy atom. The number of aliphatic hydroxyl groups is 1. The summed E-state index contributed by atoms with van der Waals surface area (Å²) in [7, 11) is -4.14. The summed E-state index contributed by atoms with van der Waals surface area (Å²) in [5.41, 5.74) is -0.420. The zero-order valence-corrected chi connectivity index (χ0v) is 17.8. The second-order valence-corrected chi connectivity index (χ2v) is 8.85. The van der Waals surface area contributed by atoms with Crippen LogP contribution in [0.1, 0.15) is 27.2 Å². The monoisotopic (exact) mass is 468 g/mol. The van der Waals surface area contributed by atoms with Crippen LogP contribution in [0.5, 0.6) is 0 Å². The average molecular weight is 469 g/mol. The largest absolute Gasteiger partial charge is 0.392 e. The molecule has 0 aliphatic heterocycles. The van der Waals surface area contributed by atoms with E-state index in [0.717, 1.165) is 12.3 Å². The Morgan fingerprint density at radius 3 is 2.60 bits per heavy atom. The van der Waals surface area contributed by atoms with Crippen LogP contribution in [-0.4, -0.2) is 24.3 Å². The van der Waals surface area contributed by atoms with Gasteiger partial charge in [0.05, 0.1) is 27.8 Å². The number of carbonyl (C=O) groups excluding carboxylic acids is 1. The van der Waals surface area contributed by atoms with E-state index >= 15 is 0 Å². The molecule has 3 aromatic rings. The fourth-order valence-electron chi connectivity index (χ4n) is 2.76. The van der Waals surface area contributed by atoms with E-state index in [2.05, 4.69) is 9.71 Å². The van der Waals surface area contributed by atoms with Gasteiger partial charge in [0.15, 0.2) is 0 Å². The molecular weight excluding hydrogens is 454 g/mol. The molecule has 3 rings (SSSR count). The number of anilines is 1. The molecular formula is C20H15Cl2FN2O4S. The standard InChI is InChI=1S/C20H15Cl2FN2O4S/c1-11-7-14(5-6-15(11)22)30(28,29)25-17-8-13(21)9-24-19(17)20(27)18-12(10-26)3-2-4-16(18)23/h2-9,25-26H,10H2,1H3. The molecule has 156 valence electrons. The highest BCUT2D eigenvalue weighted by atomic mass is 35.5. The van der Waals surface area contributed by atoms with E-state index in [-0.39, 0.29) is 26.9 Å². The highest BCUT2D eigenvalue weighted by molar-refractivity contribution is 7.92. The lowest BCUT2D eigenvalue weighted by molar-refractivity contribution is 0.102. The number of hydrogen-bond donors (Lipinski definition) is 2. The zero-order valence-electron chi connectivity index (χ0n) is 15.5. The minimum atomic E-state index is -4.14. The highest BCUT2D eigenvalue weighted by Crippen LogP contribution is 2.27. The maximum Gasteiger partial charge on any atom is 0.261 e. The molecule has 0 aliphatic rings. The van der Waals surface area contributed by atoms with Crippen molar-refractivity contribution in [2.45, 2.75) is 18.4 Å². The number of aryl methyl sites for hydroxylation is 1. The number of carbonyl (C=O) groups is 1. The Balaban J connectivity index is 2.09. The van der Waals surface area contributed by atoms with Crippen molar-refractivity contribution in [2.75, 3.05) is 4.72 Å². The van der Waals surface area contributed by atoms with Crippen LogP contribution in [0, 0.1) is 12.7 Å². The number of sulfonamides is 1. The molecule has 1 heterocycles. The lowest BCUT2D eigenvalue weighted by atomic mass is 10.0. The van der Waals surface area contributed by atoms with Crippen molar-refractivity contribution in [3.63, 3.8) is 0 Å². The first kappa shape index (κ1) is 22.2. The minimum Gasteiger partial charge on any atom is -0.392 e. The quantitative estimate of drug-likeness (QED) is 0.523. The van der Waals surface area contributed by atoms with Gasteiger partial charge in [-0.1, -0.05) is 35.3 Å².